The molecule has 1 saturated heterocycles. The van der Waals surface area contributed by atoms with Crippen molar-refractivity contribution in [3.8, 4) is 0 Å². The molecule has 2 unspecified atom stereocenters. The molecule has 0 N–H and O–H groups in total. The Kier molecular flexibility index (Phi) is 3.72. The summed E-state index contributed by atoms with van der Waals surface area (Å²) >= 11 is 0. The highest BCUT2D eigenvalue weighted by Crippen LogP contribution is 2.22. The first-order valence-corrected chi connectivity index (χ1v) is 5.30. The molecule has 82 valence electrons. The van der Waals surface area contributed by atoms with Crippen molar-refractivity contribution in [2.75, 3.05) is 19.8 Å². The van der Waals surface area contributed by atoms with Gasteiger partial charge in [0.25, 0.3) is 0 Å². The largest absolute Gasteiger partial charge is 0.366 e. The van der Waals surface area contributed by atoms with Crippen LogP contribution in [0.15, 0.2) is 30.3 Å². The van der Waals surface area contributed by atoms with Gasteiger partial charge in [0.05, 0.1) is 13.2 Å². The molecule has 0 saturated carbocycles. The Labute approximate surface area is 90.0 Å². The van der Waals surface area contributed by atoms with Gasteiger partial charge in [0.2, 0.25) is 0 Å². The molecule has 1 aromatic rings. The van der Waals surface area contributed by atoms with Crippen LogP contribution in [0.25, 0.3) is 0 Å². The van der Waals surface area contributed by atoms with Crippen molar-refractivity contribution >= 4 is 0 Å². The molecular formula is C12H16O3. The average Bonchev–Trinajstić information content (AvgIpc) is 2.32. The first-order chi connectivity index (χ1) is 7.40. The van der Waals surface area contributed by atoms with Crippen LogP contribution in [0.4, 0.5) is 0 Å². The van der Waals surface area contributed by atoms with Crippen molar-refractivity contribution in [3.05, 3.63) is 35.9 Å². The third kappa shape index (κ3) is 2.78. The van der Waals surface area contributed by atoms with Gasteiger partial charge in [0, 0.05) is 6.61 Å². The smallest absolute Gasteiger partial charge is 0.180 e. The molecule has 0 radical (unpaired) electrons. The Bertz CT molecular complexity index is 278. The minimum Gasteiger partial charge on any atom is -0.366 e. The fourth-order valence-electron chi connectivity index (χ4n) is 1.63. The lowest BCUT2D eigenvalue weighted by Crippen LogP contribution is -2.33. The Morgan fingerprint density at radius 2 is 2.00 bits per heavy atom. The zero-order valence-corrected chi connectivity index (χ0v) is 8.89. The molecule has 3 nitrogen and oxygen atoms in total. The third-order valence-corrected chi connectivity index (χ3v) is 2.39. The SMILES string of the molecule is CCOC1COC(c2ccccc2)CO1. The van der Waals surface area contributed by atoms with E-state index >= 15 is 0 Å². The summed E-state index contributed by atoms with van der Waals surface area (Å²) in [7, 11) is 0. The molecular weight excluding hydrogens is 192 g/mol. The second-order valence-electron chi connectivity index (χ2n) is 3.45. The first kappa shape index (κ1) is 10.6. The topological polar surface area (TPSA) is 27.7 Å². The summed E-state index contributed by atoms with van der Waals surface area (Å²) in [5.74, 6) is 0. The van der Waals surface area contributed by atoms with Crippen LogP contribution in [0.5, 0.6) is 0 Å². The van der Waals surface area contributed by atoms with Crippen LogP contribution in [0.3, 0.4) is 0 Å². The van der Waals surface area contributed by atoms with Crippen molar-refractivity contribution in [1.29, 1.82) is 0 Å². The fourth-order valence-corrected chi connectivity index (χ4v) is 1.63. The van der Waals surface area contributed by atoms with Gasteiger partial charge in [-0.1, -0.05) is 30.3 Å². The Balaban J connectivity index is 1.88. The summed E-state index contributed by atoms with van der Waals surface area (Å²) in [4.78, 5) is 0. The summed E-state index contributed by atoms with van der Waals surface area (Å²) in [6, 6.07) is 10.1. The van der Waals surface area contributed by atoms with Gasteiger partial charge in [0.15, 0.2) is 6.29 Å². The van der Waals surface area contributed by atoms with E-state index in [1.807, 2.05) is 25.1 Å². The third-order valence-electron chi connectivity index (χ3n) is 2.39. The summed E-state index contributed by atoms with van der Waals surface area (Å²) in [6.07, 6.45) is -0.155. The quantitative estimate of drug-likeness (QED) is 0.761. The highest BCUT2D eigenvalue weighted by atomic mass is 16.7. The highest BCUT2D eigenvalue weighted by Gasteiger charge is 2.23. The van der Waals surface area contributed by atoms with Crippen molar-refractivity contribution in [1.82, 2.24) is 0 Å². The molecule has 3 heteroatoms. The van der Waals surface area contributed by atoms with Gasteiger partial charge < -0.3 is 14.2 Å². The Morgan fingerprint density at radius 1 is 1.20 bits per heavy atom. The van der Waals surface area contributed by atoms with Crippen LogP contribution < -0.4 is 0 Å². The number of ether oxygens (including phenoxy) is 3. The number of hydrogen-bond donors (Lipinski definition) is 0. The van der Waals surface area contributed by atoms with E-state index in [2.05, 4.69) is 12.1 Å². The molecule has 1 aliphatic rings. The number of benzene rings is 1. The van der Waals surface area contributed by atoms with Crippen LogP contribution in [-0.2, 0) is 14.2 Å². The molecule has 0 aliphatic carbocycles. The summed E-state index contributed by atoms with van der Waals surface area (Å²) in [5, 5.41) is 0. The zero-order valence-electron chi connectivity index (χ0n) is 8.89. The first-order valence-electron chi connectivity index (χ1n) is 5.30. The van der Waals surface area contributed by atoms with E-state index in [4.69, 9.17) is 14.2 Å². The fraction of sp³-hybridized carbons (Fsp3) is 0.500. The number of hydrogen-bond acceptors (Lipinski definition) is 3. The molecule has 15 heavy (non-hydrogen) atoms. The van der Waals surface area contributed by atoms with E-state index in [0.717, 1.165) is 5.56 Å². The standard InChI is InChI=1S/C12H16O3/c1-2-13-12-9-14-11(8-15-12)10-6-4-3-5-7-10/h3-7,11-12H,2,8-9H2,1H3. The minimum atomic E-state index is -0.199. The maximum Gasteiger partial charge on any atom is 0.180 e. The van der Waals surface area contributed by atoms with Crippen LogP contribution in [0.1, 0.15) is 18.6 Å². The number of rotatable bonds is 3. The van der Waals surface area contributed by atoms with E-state index in [-0.39, 0.29) is 12.4 Å². The molecule has 2 atom stereocenters. The van der Waals surface area contributed by atoms with E-state index in [1.165, 1.54) is 0 Å². The summed E-state index contributed by atoms with van der Waals surface area (Å²) < 4.78 is 16.5. The molecule has 0 aromatic heterocycles. The lowest BCUT2D eigenvalue weighted by atomic mass is 10.1. The van der Waals surface area contributed by atoms with Crippen molar-refractivity contribution in [2.24, 2.45) is 0 Å². The van der Waals surface area contributed by atoms with Gasteiger partial charge in [-0.15, -0.1) is 0 Å². The predicted octanol–water partition coefficient (Wildman–Crippen LogP) is 2.14. The van der Waals surface area contributed by atoms with Gasteiger partial charge in [-0.25, -0.2) is 0 Å². The molecule has 0 amide bonds. The second kappa shape index (κ2) is 5.26. The van der Waals surface area contributed by atoms with Crippen molar-refractivity contribution in [2.45, 2.75) is 19.3 Å². The van der Waals surface area contributed by atoms with Crippen molar-refractivity contribution in [3.63, 3.8) is 0 Å². The van der Waals surface area contributed by atoms with E-state index < -0.39 is 0 Å². The minimum absolute atomic E-state index is 0.0444. The lowest BCUT2D eigenvalue weighted by molar-refractivity contribution is -0.234. The van der Waals surface area contributed by atoms with E-state index in [0.29, 0.717) is 19.8 Å². The monoisotopic (exact) mass is 208 g/mol. The van der Waals surface area contributed by atoms with E-state index in [9.17, 15) is 0 Å². The molecule has 1 aliphatic heterocycles. The predicted molar refractivity (Wildman–Crippen MR) is 56.5 cm³/mol. The van der Waals surface area contributed by atoms with Gasteiger partial charge in [-0.3, -0.25) is 0 Å². The second-order valence-corrected chi connectivity index (χ2v) is 3.45. The van der Waals surface area contributed by atoms with E-state index in [1.54, 1.807) is 0 Å². The Hall–Kier alpha value is -0.900. The van der Waals surface area contributed by atoms with Crippen LogP contribution in [-0.4, -0.2) is 26.1 Å². The van der Waals surface area contributed by atoms with Crippen molar-refractivity contribution < 1.29 is 14.2 Å². The summed E-state index contributed by atoms with van der Waals surface area (Å²) in [6.45, 7) is 3.68. The van der Waals surface area contributed by atoms with Crippen LogP contribution in [0, 0.1) is 0 Å². The van der Waals surface area contributed by atoms with Crippen LogP contribution in [0.2, 0.25) is 0 Å². The molecule has 1 fully saturated rings. The molecule has 0 spiro atoms. The van der Waals surface area contributed by atoms with Gasteiger partial charge in [-0.05, 0) is 12.5 Å². The average molecular weight is 208 g/mol. The van der Waals surface area contributed by atoms with Crippen LogP contribution >= 0.6 is 0 Å². The maximum atomic E-state index is 5.68. The highest BCUT2D eigenvalue weighted by molar-refractivity contribution is 5.17. The van der Waals surface area contributed by atoms with Gasteiger partial charge in [0.1, 0.15) is 6.10 Å². The summed E-state index contributed by atoms with van der Waals surface area (Å²) in [5.41, 5.74) is 1.16. The molecule has 1 aromatic carbocycles. The maximum absolute atomic E-state index is 5.68. The molecule has 1 heterocycles. The zero-order chi connectivity index (χ0) is 10.5. The van der Waals surface area contributed by atoms with Gasteiger partial charge >= 0.3 is 0 Å². The normalized spacial score (nSPS) is 26.5. The molecule has 0 bridgehead atoms. The molecule has 2 rings (SSSR count). The Morgan fingerprint density at radius 3 is 2.60 bits per heavy atom. The lowest BCUT2D eigenvalue weighted by Gasteiger charge is -2.29. The van der Waals surface area contributed by atoms with Gasteiger partial charge in [-0.2, -0.15) is 0 Å².